The number of halogens is 3. The summed E-state index contributed by atoms with van der Waals surface area (Å²) in [6.07, 6.45) is -4.60. The fourth-order valence-electron chi connectivity index (χ4n) is 2.80. The number of nitrogens with zero attached hydrogens (tertiary/aromatic N) is 1. The van der Waals surface area contributed by atoms with Crippen molar-refractivity contribution in [3.8, 4) is 0 Å². The molecule has 2 rings (SSSR count). The number of aliphatic hydroxyl groups excluding tert-OH is 1. The molecule has 2 aliphatic heterocycles. The lowest BCUT2D eigenvalue weighted by Crippen LogP contribution is -2.61. The molecule has 0 amide bonds. The molecule has 2 saturated heterocycles. The first-order chi connectivity index (χ1) is 8.93. The Balaban J connectivity index is 2.16. The van der Waals surface area contributed by atoms with Gasteiger partial charge in [-0.05, 0) is 19.8 Å². The Hall–Kier alpha value is -0.370. The Kier molecular flexibility index (Phi) is 4.70. The number of hydrogen-bond donors (Lipinski definition) is 1. The quantitative estimate of drug-likeness (QED) is 0.844. The maximum Gasteiger partial charge on any atom is 0.406 e. The third kappa shape index (κ3) is 3.39. The Labute approximate surface area is 110 Å². The zero-order valence-electron chi connectivity index (χ0n) is 10.9. The number of hydrogen-bond acceptors (Lipinski definition) is 4. The molecule has 4 unspecified atom stereocenters. The van der Waals surface area contributed by atoms with Crippen molar-refractivity contribution in [2.45, 2.75) is 50.2 Å². The first-order valence-electron chi connectivity index (χ1n) is 6.60. The predicted octanol–water partition coefficient (Wildman–Crippen LogP) is 1.18. The van der Waals surface area contributed by atoms with Crippen molar-refractivity contribution >= 4 is 0 Å². The summed E-state index contributed by atoms with van der Waals surface area (Å²) in [6.45, 7) is 2.12. The van der Waals surface area contributed by atoms with Gasteiger partial charge in [0.2, 0.25) is 0 Å². The van der Waals surface area contributed by atoms with E-state index < -0.39 is 24.4 Å². The van der Waals surface area contributed by atoms with Crippen LogP contribution in [0.1, 0.15) is 19.8 Å². The summed E-state index contributed by atoms with van der Waals surface area (Å²) in [5, 5.41) is 9.08. The summed E-state index contributed by atoms with van der Waals surface area (Å²) in [4.78, 5) is 1.38. The van der Waals surface area contributed by atoms with E-state index in [1.807, 2.05) is 0 Å². The normalized spacial score (nSPS) is 35.5. The molecular formula is C12H20F3NO3. The van der Waals surface area contributed by atoms with E-state index in [9.17, 15) is 13.2 Å². The van der Waals surface area contributed by atoms with Crippen molar-refractivity contribution in [1.82, 2.24) is 4.90 Å². The van der Waals surface area contributed by atoms with Gasteiger partial charge in [0.1, 0.15) is 6.04 Å². The highest BCUT2D eigenvalue weighted by Gasteiger charge is 2.52. The van der Waals surface area contributed by atoms with Gasteiger partial charge in [0.25, 0.3) is 0 Å². The van der Waals surface area contributed by atoms with Crippen LogP contribution in [-0.4, -0.2) is 66.8 Å². The Morgan fingerprint density at radius 3 is 2.63 bits per heavy atom. The van der Waals surface area contributed by atoms with Gasteiger partial charge in [-0.15, -0.1) is 0 Å². The van der Waals surface area contributed by atoms with Crippen molar-refractivity contribution < 1.29 is 27.8 Å². The molecule has 1 N–H and O–H groups in total. The van der Waals surface area contributed by atoms with Gasteiger partial charge < -0.3 is 14.6 Å². The van der Waals surface area contributed by atoms with Gasteiger partial charge in [-0.3, -0.25) is 4.90 Å². The number of aliphatic hydroxyl groups is 1. The molecule has 7 heteroatoms. The maximum absolute atomic E-state index is 13.3. The molecule has 4 nitrogen and oxygen atoms in total. The number of rotatable bonds is 3. The fraction of sp³-hybridized carbons (Fsp3) is 1.00. The number of ether oxygens (including phenoxy) is 2. The summed E-state index contributed by atoms with van der Waals surface area (Å²) in [7, 11) is 0. The first-order valence-corrected chi connectivity index (χ1v) is 6.60. The zero-order valence-corrected chi connectivity index (χ0v) is 10.9. The molecule has 0 saturated carbocycles. The molecule has 112 valence electrons. The number of alkyl halides is 3. The Morgan fingerprint density at radius 1 is 1.37 bits per heavy atom. The van der Waals surface area contributed by atoms with Gasteiger partial charge >= 0.3 is 6.18 Å². The summed E-state index contributed by atoms with van der Waals surface area (Å²) in [6, 6.07) is -1.94. The second kappa shape index (κ2) is 5.95. The minimum Gasteiger partial charge on any atom is -0.394 e. The maximum atomic E-state index is 13.3. The molecule has 2 fully saturated rings. The van der Waals surface area contributed by atoms with Crippen LogP contribution in [0, 0.1) is 0 Å². The summed E-state index contributed by atoms with van der Waals surface area (Å²) < 4.78 is 50.5. The van der Waals surface area contributed by atoms with Gasteiger partial charge in [0.15, 0.2) is 0 Å². The molecule has 0 aromatic carbocycles. The second-order valence-corrected chi connectivity index (χ2v) is 5.22. The van der Waals surface area contributed by atoms with Gasteiger partial charge in [-0.1, -0.05) is 0 Å². The summed E-state index contributed by atoms with van der Waals surface area (Å²) in [5.74, 6) is 0. The van der Waals surface area contributed by atoms with Crippen LogP contribution in [-0.2, 0) is 9.47 Å². The highest BCUT2D eigenvalue weighted by atomic mass is 19.4. The van der Waals surface area contributed by atoms with Crippen LogP contribution in [0.25, 0.3) is 0 Å². The lowest BCUT2D eigenvalue weighted by molar-refractivity contribution is -0.231. The minimum atomic E-state index is -4.33. The SMILES string of the molecule is CC1COC(CO)CN1C(C1CCCO1)C(F)(F)F. The van der Waals surface area contributed by atoms with Crippen molar-refractivity contribution in [3.63, 3.8) is 0 Å². The molecule has 0 aromatic rings. The van der Waals surface area contributed by atoms with Crippen LogP contribution in [0.15, 0.2) is 0 Å². The van der Waals surface area contributed by atoms with Gasteiger partial charge in [-0.2, -0.15) is 13.2 Å². The van der Waals surface area contributed by atoms with E-state index in [1.165, 1.54) is 4.90 Å². The highest BCUT2D eigenvalue weighted by molar-refractivity contribution is 4.93. The standard InChI is InChI=1S/C12H20F3NO3/c1-8-7-19-9(6-17)5-16(8)11(12(13,14)15)10-3-2-4-18-10/h8-11,17H,2-7H2,1H3. The average molecular weight is 283 g/mol. The van der Waals surface area contributed by atoms with Crippen molar-refractivity contribution in [1.29, 1.82) is 0 Å². The molecular weight excluding hydrogens is 263 g/mol. The molecule has 0 aromatic heterocycles. The summed E-state index contributed by atoms with van der Waals surface area (Å²) >= 11 is 0. The van der Waals surface area contributed by atoms with Crippen molar-refractivity contribution in [3.05, 3.63) is 0 Å². The molecule has 2 aliphatic rings. The van der Waals surface area contributed by atoms with Crippen molar-refractivity contribution in [2.75, 3.05) is 26.4 Å². The van der Waals surface area contributed by atoms with Crippen LogP contribution in [0.5, 0.6) is 0 Å². The van der Waals surface area contributed by atoms with E-state index in [0.29, 0.717) is 19.4 Å². The highest BCUT2D eigenvalue weighted by Crippen LogP contribution is 2.35. The molecule has 0 spiro atoms. The van der Waals surface area contributed by atoms with Crippen LogP contribution < -0.4 is 0 Å². The van der Waals surface area contributed by atoms with E-state index >= 15 is 0 Å². The van der Waals surface area contributed by atoms with E-state index in [1.54, 1.807) is 6.92 Å². The second-order valence-electron chi connectivity index (χ2n) is 5.22. The largest absolute Gasteiger partial charge is 0.406 e. The molecule has 0 bridgehead atoms. The third-order valence-corrected chi connectivity index (χ3v) is 3.77. The number of morpholine rings is 1. The van der Waals surface area contributed by atoms with Crippen LogP contribution in [0.3, 0.4) is 0 Å². The molecule has 19 heavy (non-hydrogen) atoms. The smallest absolute Gasteiger partial charge is 0.394 e. The van der Waals surface area contributed by atoms with Crippen LogP contribution >= 0.6 is 0 Å². The average Bonchev–Trinajstić information content (AvgIpc) is 2.83. The van der Waals surface area contributed by atoms with E-state index in [4.69, 9.17) is 14.6 Å². The minimum absolute atomic E-state index is 0.0850. The topological polar surface area (TPSA) is 41.9 Å². The Bertz CT molecular complexity index is 294. The monoisotopic (exact) mass is 283 g/mol. The predicted molar refractivity (Wildman–Crippen MR) is 61.8 cm³/mol. The zero-order chi connectivity index (χ0) is 14.0. The van der Waals surface area contributed by atoms with Gasteiger partial charge in [-0.25, -0.2) is 0 Å². The third-order valence-electron chi connectivity index (χ3n) is 3.77. The lowest BCUT2D eigenvalue weighted by atomic mass is 10.0. The molecule has 4 atom stereocenters. The van der Waals surface area contributed by atoms with E-state index in [2.05, 4.69) is 0 Å². The van der Waals surface area contributed by atoms with Gasteiger partial charge in [0, 0.05) is 19.2 Å². The molecule has 2 heterocycles. The first kappa shape index (κ1) is 15.0. The fourth-order valence-corrected chi connectivity index (χ4v) is 2.80. The molecule has 0 radical (unpaired) electrons. The van der Waals surface area contributed by atoms with Crippen LogP contribution in [0.4, 0.5) is 13.2 Å². The summed E-state index contributed by atoms with van der Waals surface area (Å²) in [5.41, 5.74) is 0. The van der Waals surface area contributed by atoms with Crippen molar-refractivity contribution in [2.24, 2.45) is 0 Å². The lowest BCUT2D eigenvalue weighted by Gasteiger charge is -2.44. The van der Waals surface area contributed by atoms with Crippen LogP contribution in [0.2, 0.25) is 0 Å². The van der Waals surface area contributed by atoms with Gasteiger partial charge in [0.05, 0.1) is 25.4 Å². The molecule has 0 aliphatic carbocycles. The Morgan fingerprint density at radius 2 is 2.11 bits per heavy atom. The van der Waals surface area contributed by atoms with E-state index in [-0.39, 0.29) is 25.8 Å². The van der Waals surface area contributed by atoms with E-state index in [0.717, 1.165) is 0 Å².